The highest BCUT2D eigenvalue weighted by atomic mass is 35.5. The van der Waals surface area contributed by atoms with E-state index >= 15 is 0 Å². The van der Waals surface area contributed by atoms with Crippen molar-refractivity contribution < 1.29 is 19.4 Å². The SMILES string of the molecule is CCCCN(CCCC)CCCOC(=O)N(CC(C)C)c1ccc(C(=O)O)cc1.Cl. The van der Waals surface area contributed by atoms with Gasteiger partial charge in [0, 0.05) is 18.8 Å². The zero-order valence-corrected chi connectivity index (χ0v) is 19.7. The Bertz CT molecular complexity index is 600. The van der Waals surface area contributed by atoms with Gasteiger partial charge >= 0.3 is 12.1 Å². The lowest BCUT2D eigenvalue weighted by Gasteiger charge is -2.25. The van der Waals surface area contributed by atoms with E-state index in [4.69, 9.17) is 9.84 Å². The molecule has 0 aromatic heterocycles. The fourth-order valence-corrected chi connectivity index (χ4v) is 3.06. The van der Waals surface area contributed by atoms with Crippen LogP contribution in [0.15, 0.2) is 24.3 Å². The summed E-state index contributed by atoms with van der Waals surface area (Å²) in [6, 6.07) is 6.34. The van der Waals surface area contributed by atoms with Crippen molar-refractivity contribution in [2.75, 3.05) is 37.7 Å². The van der Waals surface area contributed by atoms with Gasteiger partial charge in [-0.15, -0.1) is 12.4 Å². The molecule has 6 nitrogen and oxygen atoms in total. The third-order valence-corrected chi connectivity index (χ3v) is 4.69. The maximum Gasteiger partial charge on any atom is 0.414 e. The molecule has 1 rings (SSSR count). The number of ether oxygens (including phenoxy) is 1. The minimum Gasteiger partial charge on any atom is -0.478 e. The van der Waals surface area contributed by atoms with E-state index in [0.717, 1.165) is 26.1 Å². The van der Waals surface area contributed by atoms with Crippen molar-refractivity contribution >= 4 is 30.2 Å². The van der Waals surface area contributed by atoms with Crippen molar-refractivity contribution in [1.29, 1.82) is 0 Å². The number of halogens is 1. The standard InChI is InChI=1S/C23H38N2O4.ClH/c1-5-7-14-24(15-8-6-2)16-9-17-29-23(28)25(18-19(3)4)21-12-10-20(11-13-21)22(26)27;/h10-13,19H,5-9,14-18H2,1-4H3,(H,26,27);1H. The Labute approximate surface area is 188 Å². The van der Waals surface area contributed by atoms with Gasteiger partial charge in [0.2, 0.25) is 0 Å². The van der Waals surface area contributed by atoms with E-state index in [1.165, 1.54) is 37.8 Å². The number of unbranched alkanes of at least 4 members (excludes halogenated alkanes) is 2. The third-order valence-electron chi connectivity index (χ3n) is 4.69. The number of rotatable bonds is 14. The smallest absolute Gasteiger partial charge is 0.414 e. The molecule has 0 unspecified atom stereocenters. The van der Waals surface area contributed by atoms with Crippen LogP contribution in [0.1, 0.15) is 70.2 Å². The van der Waals surface area contributed by atoms with Crippen molar-refractivity contribution in [2.45, 2.75) is 59.8 Å². The fourth-order valence-electron chi connectivity index (χ4n) is 3.06. The van der Waals surface area contributed by atoms with E-state index in [1.807, 2.05) is 13.8 Å². The lowest BCUT2D eigenvalue weighted by atomic mass is 10.1. The summed E-state index contributed by atoms with van der Waals surface area (Å²) in [5.74, 6) is -0.717. The van der Waals surface area contributed by atoms with Crippen LogP contribution in [0.25, 0.3) is 0 Å². The Morgan fingerprint density at radius 2 is 1.50 bits per heavy atom. The summed E-state index contributed by atoms with van der Waals surface area (Å²) < 4.78 is 5.54. The Morgan fingerprint density at radius 3 is 1.97 bits per heavy atom. The van der Waals surface area contributed by atoms with Gasteiger partial charge in [-0.25, -0.2) is 9.59 Å². The summed E-state index contributed by atoms with van der Waals surface area (Å²) in [5, 5.41) is 9.06. The number of nitrogens with zero attached hydrogens (tertiary/aromatic N) is 2. The Hall–Kier alpha value is -1.79. The molecule has 0 heterocycles. The lowest BCUT2D eigenvalue weighted by Crippen LogP contribution is -2.35. The number of carbonyl (C=O) groups is 2. The molecule has 0 saturated carbocycles. The number of hydrogen-bond acceptors (Lipinski definition) is 4. The average Bonchev–Trinajstić information content (AvgIpc) is 2.70. The van der Waals surface area contributed by atoms with Gasteiger partial charge in [0.25, 0.3) is 0 Å². The molecule has 7 heteroatoms. The summed E-state index contributed by atoms with van der Waals surface area (Å²) >= 11 is 0. The van der Waals surface area contributed by atoms with Crippen LogP contribution >= 0.6 is 12.4 Å². The minimum absolute atomic E-state index is 0. The highest BCUT2D eigenvalue weighted by molar-refractivity contribution is 5.90. The largest absolute Gasteiger partial charge is 0.478 e. The normalized spacial score (nSPS) is 10.7. The first-order valence-corrected chi connectivity index (χ1v) is 10.9. The lowest BCUT2D eigenvalue weighted by molar-refractivity contribution is 0.0697. The van der Waals surface area contributed by atoms with Crippen LogP contribution in [0.4, 0.5) is 10.5 Å². The number of aromatic carboxylic acids is 1. The van der Waals surface area contributed by atoms with Gasteiger partial charge in [0.15, 0.2) is 0 Å². The Balaban J connectivity index is 0.00000841. The van der Waals surface area contributed by atoms with Crippen molar-refractivity contribution in [3.63, 3.8) is 0 Å². The third kappa shape index (κ3) is 10.8. The van der Waals surface area contributed by atoms with Crippen LogP contribution in [0.5, 0.6) is 0 Å². The van der Waals surface area contributed by atoms with Crippen LogP contribution in [-0.2, 0) is 4.74 Å². The molecular weight excluding hydrogens is 404 g/mol. The number of hydrogen-bond donors (Lipinski definition) is 1. The van der Waals surface area contributed by atoms with Gasteiger partial charge in [-0.1, -0.05) is 40.5 Å². The number of anilines is 1. The van der Waals surface area contributed by atoms with Crippen molar-refractivity contribution in [1.82, 2.24) is 4.90 Å². The topological polar surface area (TPSA) is 70.1 Å². The molecule has 1 N–H and O–H groups in total. The summed E-state index contributed by atoms with van der Waals surface area (Å²) in [6.07, 6.45) is 5.18. The first kappa shape index (κ1) is 28.2. The number of carboxylic acids is 1. The highest BCUT2D eigenvalue weighted by Crippen LogP contribution is 2.18. The summed E-state index contributed by atoms with van der Waals surface area (Å²) in [7, 11) is 0. The summed E-state index contributed by atoms with van der Waals surface area (Å²) in [5.41, 5.74) is 0.854. The monoisotopic (exact) mass is 442 g/mol. The molecule has 1 amide bonds. The molecule has 0 spiro atoms. The van der Waals surface area contributed by atoms with E-state index in [9.17, 15) is 9.59 Å². The van der Waals surface area contributed by atoms with Gasteiger partial charge in [-0.05, 0) is 62.5 Å². The molecule has 0 radical (unpaired) electrons. The van der Waals surface area contributed by atoms with E-state index in [0.29, 0.717) is 18.8 Å². The molecule has 0 bridgehead atoms. The zero-order chi connectivity index (χ0) is 21.6. The van der Waals surface area contributed by atoms with Gasteiger partial charge in [0.05, 0.1) is 12.2 Å². The van der Waals surface area contributed by atoms with Gasteiger partial charge in [-0.2, -0.15) is 0 Å². The second kappa shape index (κ2) is 16.0. The molecule has 172 valence electrons. The quantitative estimate of drug-likeness (QED) is 0.374. The second-order valence-electron chi connectivity index (χ2n) is 7.87. The molecule has 0 aliphatic heterocycles. The van der Waals surface area contributed by atoms with Crippen LogP contribution in [0, 0.1) is 5.92 Å². The van der Waals surface area contributed by atoms with Crippen LogP contribution < -0.4 is 4.90 Å². The number of carbonyl (C=O) groups excluding carboxylic acids is 1. The number of amides is 1. The second-order valence-corrected chi connectivity index (χ2v) is 7.87. The van der Waals surface area contributed by atoms with Crippen molar-refractivity contribution in [2.24, 2.45) is 5.92 Å². The van der Waals surface area contributed by atoms with E-state index in [-0.39, 0.29) is 30.0 Å². The molecule has 30 heavy (non-hydrogen) atoms. The number of carboxylic acid groups (broad SMARTS) is 1. The molecule has 0 fully saturated rings. The summed E-state index contributed by atoms with van der Waals surface area (Å²) in [6.45, 7) is 12.5. The van der Waals surface area contributed by atoms with E-state index in [1.54, 1.807) is 17.0 Å². The minimum atomic E-state index is -0.981. The predicted octanol–water partition coefficient (Wildman–Crippen LogP) is 5.70. The first-order valence-electron chi connectivity index (χ1n) is 10.9. The molecule has 0 aliphatic carbocycles. The van der Waals surface area contributed by atoms with Crippen LogP contribution in [0.3, 0.4) is 0 Å². The zero-order valence-electron chi connectivity index (χ0n) is 18.9. The molecule has 1 aromatic rings. The highest BCUT2D eigenvalue weighted by Gasteiger charge is 2.19. The molecule has 1 aromatic carbocycles. The fraction of sp³-hybridized carbons (Fsp3) is 0.652. The van der Waals surface area contributed by atoms with Gasteiger partial charge in [0.1, 0.15) is 0 Å². The van der Waals surface area contributed by atoms with Crippen molar-refractivity contribution in [3.8, 4) is 0 Å². The Kier molecular flexibility index (Phi) is 15.0. The van der Waals surface area contributed by atoms with Gasteiger partial charge < -0.3 is 14.7 Å². The molecule has 0 aliphatic rings. The molecule has 0 atom stereocenters. The molecule has 0 saturated heterocycles. The van der Waals surface area contributed by atoms with Crippen LogP contribution in [0.2, 0.25) is 0 Å². The van der Waals surface area contributed by atoms with Crippen LogP contribution in [-0.4, -0.2) is 54.9 Å². The summed E-state index contributed by atoms with van der Waals surface area (Å²) in [4.78, 5) is 27.7. The predicted molar refractivity (Wildman–Crippen MR) is 125 cm³/mol. The van der Waals surface area contributed by atoms with Crippen molar-refractivity contribution in [3.05, 3.63) is 29.8 Å². The average molecular weight is 443 g/mol. The van der Waals surface area contributed by atoms with E-state index < -0.39 is 5.97 Å². The maximum absolute atomic E-state index is 12.7. The number of benzene rings is 1. The molecular formula is C23H39ClN2O4. The Morgan fingerprint density at radius 1 is 0.967 bits per heavy atom. The maximum atomic E-state index is 12.7. The van der Waals surface area contributed by atoms with Gasteiger partial charge in [-0.3, -0.25) is 4.90 Å². The first-order chi connectivity index (χ1) is 13.9. The van der Waals surface area contributed by atoms with E-state index in [2.05, 4.69) is 18.7 Å².